The molecule has 4 rings (SSSR count). The molecule has 5 heteroatoms. The summed E-state index contributed by atoms with van der Waals surface area (Å²) in [5.41, 5.74) is 4.30. The Morgan fingerprint density at radius 2 is 1.88 bits per heavy atom. The zero-order valence-electron chi connectivity index (χ0n) is 14.8. The number of carbonyl (C=O) groups excluding carboxylic acids is 1. The van der Waals surface area contributed by atoms with Crippen LogP contribution in [0.3, 0.4) is 0 Å². The van der Waals surface area contributed by atoms with Gasteiger partial charge in [-0.05, 0) is 73.4 Å². The van der Waals surface area contributed by atoms with Gasteiger partial charge in [0.15, 0.2) is 0 Å². The number of rotatable bonds is 4. The van der Waals surface area contributed by atoms with Crippen molar-refractivity contribution in [3.63, 3.8) is 0 Å². The number of pyridine rings is 1. The zero-order chi connectivity index (χ0) is 18.1. The molecule has 2 heterocycles. The first-order valence-electron chi connectivity index (χ1n) is 9.21. The Morgan fingerprint density at radius 3 is 2.58 bits per heavy atom. The molecule has 1 aliphatic carbocycles. The minimum Gasteiger partial charge on any atom is -0.303 e. The van der Waals surface area contributed by atoms with Crippen LogP contribution in [0.15, 0.2) is 42.7 Å². The fourth-order valence-electron chi connectivity index (χ4n) is 4.16. The van der Waals surface area contributed by atoms with Gasteiger partial charge in [0.2, 0.25) is 0 Å². The Labute approximate surface area is 158 Å². The Bertz CT molecular complexity index is 911. The highest BCUT2D eigenvalue weighted by Gasteiger charge is 2.27. The Morgan fingerprint density at radius 1 is 1.15 bits per heavy atom. The summed E-state index contributed by atoms with van der Waals surface area (Å²) in [7, 11) is 0. The maximum absolute atomic E-state index is 11.1. The van der Waals surface area contributed by atoms with Crippen LogP contribution in [0.1, 0.15) is 44.1 Å². The number of hydrogen-bond donors (Lipinski definition) is 0. The van der Waals surface area contributed by atoms with E-state index in [1.165, 1.54) is 5.56 Å². The first-order valence-corrected chi connectivity index (χ1v) is 9.59. The SMILES string of the molecule is CC(C=O)C1CCC(c2ccnc3cnn(-c4ccc(Cl)cc4)c23)CC1. The third-order valence-electron chi connectivity index (χ3n) is 5.73. The molecule has 1 saturated carbocycles. The Hall–Kier alpha value is -2.20. The van der Waals surface area contributed by atoms with Gasteiger partial charge < -0.3 is 4.79 Å². The molecule has 1 atom stereocenters. The van der Waals surface area contributed by atoms with Crippen molar-refractivity contribution in [1.82, 2.24) is 14.8 Å². The number of nitrogens with zero attached hydrogens (tertiary/aromatic N) is 3. The van der Waals surface area contributed by atoms with Crippen molar-refractivity contribution < 1.29 is 4.79 Å². The molecular formula is C21H22ClN3O. The smallest absolute Gasteiger partial charge is 0.123 e. The van der Waals surface area contributed by atoms with Crippen LogP contribution in [0, 0.1) is 11.8 Å². The fourth-order valence-corrected chi connectivity index (χ4v) is 4.28. The van der Waals surface area contributed by atoms with E-state index >= 15 is 0 Å². The summed E-state index contributed by atoms with van der Waals surface area (Å²) >= 11 is 6.03. The largest absolute Gasteiger partial charge is 0.303 e. The molecule has 0 amide bonds. The van der Waals surface area contributed by atoms with E-state index < -0.39 is 0 Å². The highest BCUT2D eigenvalue weighted by molar-refractivity contribution is 6.30. The Balaban J connectivity index is 1.69. The fraction of sp³-hybridized carbons (Fsp3) is 0.381. The van der Waals surface area contributed by atoms with Gasteiger partial charge in [-0.3, -0.25) is 4.98 Å². The van der Waals surface area contributed by atoms with E-state index in [0.29, 0.717) is 16.9 Å². The molecule has 1 aromatic carbocycles. The molecule has 0 saturated heterocycles. The van der Waals surface area contributed by atoms with Gasteiger partial charge in [0.1, 0.15) is 11.8 Å². The van der Waals surface area contributed by atoms with Crippen molar-refractivity contribution >= 4 is 28.9 Å². The van der Waals surface area contributed by atoms with Gasteiger partial charge in [-0.2, -0.15) is 5.10 Å². The molecule has 0 N–H and O–H groups in total. The summed E-state index contributed by atoms with van der Waals surface area (Å²) < 4.78 is 1.97. The normalized spacial score (nSPS) is 21.6. The number of hydrogen-bond acceptors (Lipinski definition) is 3. The van der Waals surface area contributed by atoms with Crippen LogP contribution in [-0.4, -0.2) is 21.1 Å². The molecule has 26 heavy (non-hydrogen) atoms. The molecule has 2 aromatic heterocycles. The minimum absolute atomic E-state index is 0.160. The second-order valence-electron chi connectivity index (χ2n) is 7.27. The molecule has 3 aromatic rings. The summed E-state index contributed by atoms with van der Waals surface area (Å²) in [6.07, 6.45) is 9.22. The molecule has 1 fully saturated rings. The molecular weight excluding hydrogens is 346 g/mol. The van der Waals surface area contributed by atoms with Crippen LogP contribution < -0.4 is 0 Å². The summed E-state index contributed by atoms with van der Waals surface area (Å²) in [4.78, 5) is 15.6. The van der Waals surface area contributed by atoms with Gasteiger partial charge in [-0.1, -0.05) is 18.5 Å². The first-order chi connectivity index (χ1) is 12.7. The highest BCUT2D eigenvalue weighted by atomic mass is 35.5. The van der Waals surface area contributed by atoms with E-state index in [9.17, 15) is 4.79 Å². The summed E-state index contributed by atoms with van der Waals surface area (Å²) in [6.45, 7) is 2.04. The summed E-state index contributed by atoms with van der Waals surface area (Å²) in [5.74, 6) is 1.16. The number of benzene rings is 1. The molecule has 1 aliphatic rings. The van der Waals surface area contributed by atoms with Crippen molar-refractivity contribution in [2.75, 3.05) is 0 Å². The lowest BCUT2D eigenvalue weighted by Crippen LogP contribution is -2.20. The van der Waals surface area contributed by atoms with Gasteiger partial charge in [-0.25, -0.2) is 4.68 Å². The van der Waals surface area contributed by atoms with Crippen LogP contribution >= 0.6 is 11.6 Å². The van der Waals surface area contributed by atoms with Gasteiger partial charge >= 0.3 is 0 Å². The Kier molecular flexibility index (Phi) is 4.77. The third kappa shape index (κ3) is 3.14. The standard InChI is InChI=1S/C21H22ClN3O/c1-14(13-26)15-2-4-16(5-3-15)19-10-11-23-20-12-24-25(21(19)20)18-8-6-17(22)7-9-18/h6-16H,2-5H2,1H3. The van der Waals surface area contributed by atoms with Gasteiger partial charge in [0, 0.05) is 17.1 Å². The summed E-state index contributed by atoms with van der Waals surface area (Å²) in [6, 6.07) is 9.85. The van der Waals surface area contributed by atoms with Crippen molar-refractivity contribution in [1.29, 1.82) is 0 Å². The van der Waals surface area contributed by atoms with E-state index in [4.69, 9.17) is 11.6 Å². The van der Waals surface area contributed by atoms with Gasteiger partial charge in [0.25, 0.3) is 0 Å². The van der Waals surface area contributed by atoms with E-state index in [2.05, 4.69) is 16.1 Å². The first kappa shape index (κ1) is 17.2. The second-order valence-corrected chi connectivity index (χ2v) is 7.71. The van der Waals surface area contributed by atoms with Gasteiger partial charge in [-0.15, -0.1) is 0 Å². The zero-order valence-corrected chi connectivity index (χ0v) is 15.6. The monoisotopic (exact) mass is 367 g/mol. The van der Waals surface area contributed by atoms with E-state index in [0.717, 1.165) is 48.7 Å². The molecule has 1 unspecified atom stereocenters. The van der Waals surface area contributed by atoms with Crippen LogP contribution in [-0.2, 0) is 4.79 Å². The maximum Gasteiger partial charge on any atom is 0.123 e. The third-order valence-corrected chi connectivity index (χ3v) is 5.98. The average molecular weight is 368 g/mol. The topological polar surface area (TPSA) is 47.8 Å². The molecule has 0 aliphatic heterocycles. The number of halogens is 1. The van der Waals surface area contributed by atoms with Crippen LogP contribution in [0.25, 0.3) is 16.7 Å². The predicted octanol–water partition coefficient (Wildman–Crippen LogP) is 5.18. The van der Waals surface area contributed by atoms with E-state index in [-0.39, 0.29) is 5.92 Å². The van der Waals surface area contributed by atoms with Crippen LogP contribution in [0.2, 0.25) is 5.02 Å². The second kappa shape index (κ2) is 7.20. The molecule has 134 valence electrons. The highest BCUT2D eigenvalue weighted by Crippen LogP contribution is 2.40. The number of aromatic nitrogens is 3. The minimum atomic E-state index is 0.160. The van der Waals surface area contributed by atoms with E-state index in [1.807, 2.05) is 48.3 Å². The van der Waals surface area contributed by atoms with Crippen molar-refractivity contribution in [2.45, 2.75) is 38.5 Å². The quantitative estimate of drug-likeness (QED) is 0.597. The molecule has 0 bridgehead atoms. The molecule has 0 spiro atoms. The summed E-state index contributed by atoms with van der Waals surface area (Å²) in [5, 5.41) is 5.29. The lowest BCUT2D eigenvalue weighted by molar-refractivity contribution is -0.112. The van der Waals surface area contributed by atoms with Crippen molar-refractivity contribution in [2.24, 2.45) is 11.8 Å². The maximum atomic E-state index is 11.1. The average Bonchev–Trinajstić information content (AvgIpc) is 3.12. The predicted molar refractivity (Wildman–Crippen MR) is 104 cm³/mol. The molecule has 4 nitrogen and oxygen atoms in total. The lowest BCUT2D eigenvalue weighted by Gasteiger charge is -2.30. The van der Waals surface area contributed by atoms with Crippen molar-refractivity contribution in [3.8, 4) is 5.69 Å². The number of fused-ring (bicyclic) bond motifs is 1. The molecule has 0 radical (unpaired) electrons. The van der Waals surface area contributed by atoms with Crippen LogP contribution in [0.5, 0.6) is 0 Å². The number of aldehydes is 1. The van der Waals surface area contributed by atoms with Gasteiger partial charge in [0.05, 0.1) is 17.4 Å². The lowest BCUT2D eigenvalue weighted by atomic mass is 9.74. The van der Waals surface area contributed by atoms with E-state index in [1.54, 1.807) is 0 Å². The van der Waals surface area contributed by atoms with Crippen LogP contribution in [0.4, 0.5) is 0 Å². The number of carbonyl (C=O) groups is 1. The van der Waals surface area contributed by atoms with Crippen molar-refractivity contribution in [3.05, 3.63) is 53.3 Å².